The maximum absolute atomic E-state index is 6.16. The Morgan fingerprint density at radius 1 is 1.50 bits per heavy atom. The molecule has 108 valence electrons. The third-order valence-corrected chi connectivity index (χ3v) is 5.16. The summed E-state index contributed by atoms with van der Waals surface area (Å²) in [6.07, 6.45) is 1.31. The number of hydrogen-bond acceptors (Lipinski definition) is 3. The molecule has 3 rings (SSSR count). The van der Waals surface area contributed by atoms with Crippen molar-refractivity contribution in [2.75, 3.05) is 12.3 Å². The highest BCUT2D eigenvalue weighted by molar-refractivity contribution is 14.1. The van der Waals surface area contributed by atoms with Crippen molar-refractivity contribution in [3.8, 4) is 0 Å². The summed E-state index contributed by atoms with van der Waals surface area (Å²) < 4.78 is 9.18. The van der Waals surface area contributed by atoms with Crippen LogP contribution in [0.25, 0.3) is 11.0 Å². The van der Waals surface area contributed by atoms with Crippen LogP contribution in [0.3, 0.4) is 0 Å². The molecule has 0 spiro atoms. The van der Waals surface area contributed by atoms with E-state index in [4.69, 9.17) is 10.5 Å². The van der Waals surface area contributed by atoms with Crippen molar-refractivity contribution in [3.05, 3.63) is 21.8 Å². The van der Waals surface area contributed by atoms with E-state index in [0.717, 1.165) is 24.1 Å². The lowest BCUT2D eigenvalue weighted by Crippen LogP contribution is -2.51. The van der Waals surface area contributed by atoms with Gasteiger partial charge in [0.05, 0.1) is 17.1 Å². The third-order valence-electron chi connectivity index (χ3n) is 4.48. The fraction of sp³-hybridized carbons (Fsp3) is 0.533. The van der Waals surface area contributed by atoms with Gasteiger partial charge in [0.15, 0.2) is 0 Å². The van der Waals surface area contributed by atoms with E-state index in [1.54, 1.807) is 0 Å². The van der Waals surface area contributed by atoms with Gasteiger partial charge in [0.2, 0.25) is 5.95 Å². The van der Waals surface area contributed by atoms with E-state index in [-0.39, 0.29) is 5.41 Å². The van der Waals surface area contributed by atoms with Gasteiger partial charge in [0.25, 0.3) is 0 Å². The van der Waals surface area contributed by atoms with Gasteiger partial charge in [0, 0.05) is 21.6 Å². The van der Waals surface area contributed by atoms with Crippen molar-refractivity contribution in [2.45, 2.75) is 39.3 Å². The molecule has 1 saturated carbocycles. The molecule has 20 heavy (non-hydrogen) atoms. The highest BCUT2D eigenvalue weighted by Gasteiger charge is 2.50. The van der Waals surface area contributed by atoms with Gasteiger partial charge in [0.1, 0.15) is 0 Å². The number of imidazole rings is 1. The molecule has 0 amide bonds. The van der Waals surface area contributed by atoms with E-state index >= 15 is 0 Å². The molecule has 2 N–H and O–H groups in total. The summed E-state index contributed by atoms with van der Waals surface area (Å²) in [4.78, 5) is 4.51. The summed E-state index contributed by atoms with van der Waals surface area (Å²) >= 11 is 2.30. The van der Waals surface area contributed by atoms with Crippen LogP contribution in [-0.4, -0.2) is 22.3 Å². The Morgan fingerprint density at radius 3 is 2.90 bits per heavy atom. The Morgan fingerprint density at radius 2 is 2.25 bits per heavy atom. The third kappa shape index (κ3) is 2.02. The number of nitrogen functional groups attached to an aromatic ring is 1. The molecular weight excluding hydrogens is 365 g/mol. The molecule has 0 aliphatic heterocycles. The number of benzene rings is 1. The molecular formula is C15H20IN3O. The smallest absolute Gasteiger partial charge is 0.201 e. The van der Waals surface area contributed by atoms with Gasteiger partial charge < -0.3 is 15.0 Å². The van der Waals surface area contributed by atoms with Crippen LogP contribution in [0.15, 0.2) is 18.2 Å². The van der Waals surface area contributed by atoms with Crippen molar-refractivity contribution in [1.82, 2.24) is 9.55 Å². The normalized spacial score (nSPS) is 24.8. The fourth-order valence-corrected chi connectivity index (χ4v) is 3.68. The van der Waals surface area contributed by atoms with Crippen LogP contribution in [0.4, 0.5) is 5.95 Å². The quantitative estimate of drug-likeness (QED) is 0.822. The van der Waals surface area contributed by atoms with E-state index in [1.165, 1.54) is 3.57 Å². The number of aromatic nitrogens is 2. The van der Waals surface area contributed by atoms with Crippen molar-refractivity contribution < 1.29 is 4.74 Å². The Kier molecular flexibility index (Phi) is 3.44. The van der Waals surface area contributed by atoms with Crippen LogP contribution in [-0.2, 0) is 4.74 Å². The summed E-state index contributed by atoms with van der Waals surface area (Å²) in [5, 5.41) is 0. The molecule has 1 aliphatic carbocycles. The molecule has 1 aromatic carbocycles. The van der Waals surface area contributed by atoms with Crippen LogP contribution in [0.1, 0.15) is 33.2 Å². The van der Waals surface area contributed by atoms with Crippen molar-refractivity contribution in [2.24, 2.45) is 5.41 Å². The highest BCUT2D eigenvalue weighted by atomic mass is 127. The largest absolute Gasteiger partial charge is 0.378 e. The lowest BCUT2D eigenvalue weighted by Gasteiger charge is -2.52. The Balaban J connectivity index is 2.02. The first-order valence-corrected chi connectivity index (χ1v) is 8.07. The van der Waals surface area contributed by atoms with E-state index in [9.17, 15) is 0 Å². The number of ether oxygens (including phenoxy) is 1. The van der Waals surface area contributed by atoms with Gasteiger partial charge in [-0.3, -0.25) is 0 Å². The number of rotatable bonds is 3. The monoisotopic (exact) mass is 385 g/mol. The first-order chi connectivity index (χ1) is 9.45. The molecule has 1 heterocycles. The SMILES string of the molecule is CCOC1CC(n2c(N)nc3cc(I)ccc32)C1(C)C. The molecule has 0 radical (unpaired) electrons. The van der Waals surface area contributed by atoms with Crippen LogP contribution >= 0.6 is 22.6 Å². The van der Waals surface area contributed by atoms with Crippen molar-refractivity contribution in [1.29, 1.82) is 0 Å². The van der Waals surface area contributed by atoms with Gasteiger partial charge in [-0.15, -0.1) is 0 Å². The minimum absolute atomic E-state index is 0.0841. The number of fused-ring (bicyclic) bond motifs is 1. The number of nitrogens with two attached hydrogens (primary N) is 1. The Bertz CT molecular complexity index is 650. The average molecular weight is 385 g/mol. The van der Waals surface area contributed by atoms with E-state index in [2.05, 4.69) is 64.2 Å². The second-order valence-electron chi connectivity index (χ2n) is 5.99. The molecule has 2 atom stereocenters. The first kappa shape index (κ1) is 14.1. The molecule has 0 bridgehead atoms. The summed E-state index contributed by atoms with van der Waals surface area (Å²) in [5.41, 5.74) is 8.35. The van der Waals surface area contributed by atoms with E-state index in [0.29, 0.717) is 18.1 Å². The number of anilines is 1. The van der Waals surface area contributed by atoms with Gasteiger partial charge in [-0.1, -0.05) is 13.8 Å². The highest BCUT2D eigenvalue weighted by Crippen LogP contribution is 2.52. The summed E-state index contributed by atoms with van der Waals surface area (Å²) in [5.74, 6) is 0.607. The maximum Gasteiger partial charge on any atom is 0.201 e. The first-order valence-electron chi connectivity index (χ1n) is 6.99. The molecule has 0 saturated heterocycles. The van der Waals surface area contributed by atoms with Gasteiger partial charge >= 0.3 is 0 Å². The van der Waals surface area contributed by atoms with Crippen molar-refractivity contribution >= 4 is 39.6 Å². The van der Waals surface area contributed by atoms with Gasteiger partial charge in [-0.25, -0.2) is 4.98 Å². The molecule has 1 aromatic heterocycles. The van der Waals surface area contributed by atoms with Crippen LogP contribution < -0.4 is 5.73 Å². The molecule has 4 nitrogen and oxygen atoms in total. The zero-order chi connectivity index (χ0) is 14.5. The zero-order valence-electron chi connectivity index (χ0n) is 12.1. The summed E-state index contributed by atoms with van der Waals surface area (Å²) in [7, 11) is 0. The summed E-state index contributed by atoms with van der Waals surface area (Å²) in [6.45, 7) is 7.31. The maximum atomic E-state index is 6.16. The predicted octanol–water partition coefficient (Wildman–Crippen LogP) is 3.60. The van der Waals surface area contributed by atoms with E-state index in [1.807, 2.05) is 6.92 Å². The van der Waals surface area contributed by atoms with Gasteiger partial charge in [-0.05, 0) is 54.1 Å². The minimum atomic E-state index is 0.0841. The van der Waals surface area contributed by atoms with Crippen LogP contribution in [0.2, 0.25) is 0 Å². The molecule has 2 unspecified atom stereocenters. The lowest BCUT2D eigenvalue weighted by atomic mass is 9.64. The Labute approximate surface area is 132 Å². The Hall–Kier alpha value is -0.820. The second kappa shape index (κ2) is 4.87. The number of hydrogen-bond donors (Lipinski definition) is 1. The second-order valence-corrected chi connectivity index (χ2v) is 7.24. The lowest BCUT2D eigenvalue weighted by molar-refractivity contribution is -0.126. The standard InChI is InChI=1S/C15H20IN3O/c1-4-20-13-8-12(15(13,2)3)19-11-6-5-9(16)7-10(11)18-14(19)17/h5-7,12-13H,4,8H2,1-3H3,(H2,17,18). The zero-order valence-corrected chi connectivity index (χ0v) is 14.2. The number of halogens is 1. The van der Waals surface area contributed by atoms with E-state index < -0.39 is 0 Å². The average Bonchev–Trinajstić information content (AvgIpc) is 2.69. The van der Waals surface area contributed by atoms with Crippen LogP contribution in [0, 0.1) is 8.99 Å². The van der Waals surface area contributed by atoms with Gasteiger partial charge in [-0.2, -0.15) is 0 Å². The predicted molar refractivity (Wildman–Crippen MR) is 89.7 cm³/mol. The minimum Gasteiger partial charge on any atom is -0.378 e. The number of nitrogens with zero attached hydrogens (tertiary/aromatic N) is 2. The van der Waals surface area contributed by atoms with Crippen molar-refractivity contribution in [3.63, 3.8) is 0 Å². The molecule has 1 aliphatic rings. The molecule has 2 aromatic rings. The molecule has 1 fully saturated rings. The summed E-state index contributed by atoms with van der Waals surface area (Å²) in [6, 6.07) is 6.65. The molecule has 5 heteroatoms. The van der Waals surface area contributed by atoms with Crippen LogP contribution in [0.5, 0.6) is 0 Å². The topological polar surface area (TPSA) is 53.1 Å². The fourth-order valence-electron chi connectivity index (χ4n) is 3.20.